The normalized spacial score (nSPS) is 10.7. The van der Waals surface area contributed by atoms with E-state index in [4.69, 9.17) is 0 Å². The molecule has 0 radical (unpaired) electrons. The number of benzene rings is 1. The average molecular weight is 355 g/mol. The predicted octanol–water partition coefficient (Wildman–Crippen LogP) is 3.15. The van der Waals surface area contributed by atoms with Crippen molar-refractivity contribution < 1.29 is 4.79 Å². The SMILES string of the molecule is CCN(CC)c1ccc(NC(=O)c2ccc(NCCN(C)C)cn2)cc1. The molecule has 6 heteroatoms. The van der Waals surface area contributed by atoms with Gasteiger partial charge in [0.1, 0.15) is 5.69 Å². The molecule has 140 valence electrons. The second kappa shape index (κ2) is 9.77. The Morgan fingerprint density at radius 3 is 2.19 bits per heavy atom. The van der Waals surface area contributed by atoms with E-state index in [1.807, 2.05) is 44.4 Å². The molecule has 0 bridgehead atoms. The Bertz CT molecular complexity index is 678. The van der Waals surface area contributed by atoms with Crippen LogP contribution in [0.25, 0.3) is 0 Å². The van der Waals surface area contributed by atoms with Gasteiger partial charge in [0.25, 0.3) is 5.91 Å². The molecular formula is C20H29N5O. The molecule has 2 N–H and O–H groups in total. The van der Waals surface area contributed by atoms with Gasteiger partial charge in [0.2, 0.25) is 0 Å². The number of likely N-dealkylation sites (N-methyl/N-ethyl adjacent to an activating group) is 1. The maximum absolute atomic E-state index is 12.3. The number of nitrogens with zero attached hydrogens (tertiary/aromatic N) is 3. The van der Waals surface area contributed by atoms with Gasteiger partial charge in [0, 0.05) is 37.6 Å². The van der Waals surface area contributed by atoms with Crippen LogP contribution in [0, 0.1) is 0 Å². The Morgan fingerprint density at radius 2 is 1.65 bits per heavy atom. The summed E-state index contributed by atoms with van der Waals surface area (Å²) in [6.45, 7) is 7.95. The number of aromatic nitrogens is 1. The van der Waals surface area contributed by atoms with Crippen LogP contribution < -0.4 is 15.5 Å². The molecule has 0 fully saturated rings. The lowest BCUT2D eigenvalue weighted by Gasteiger charge is -2.21. The number of hydrogen-bond acceptors (Lipinski definition) is 5. The van der Waals surface area contributed by atoms with Crippen molar-refractivity contribution in [2.24, 2.45) is 0 Å². The second-order valence-electron chi connectivity index (χ2n) is 6.34. The van der Waals surface area contributed by atoms with E-state index in [0.717, 1.165) is 43.2 Å². The van der Waals surface area contributed by atoms with E-state index in [1.165, 1.54) is 0 Å². The highest BCUT2D eigenvalue weighted by Crippen LogP contribution is 2.18. The van der Waals surface area contributed by atoms with Gasteiger partial charge in [0.15, 0.2) is 0 Å². The highest BCUT2D eigenvalue weighted by Gasteiger charge is 2.08. The summed E-state index contributed by atoms with van der Waals surface area (Å²) in [5.74, 6) is -0.208. The third-order valence-corrected chi connectivity index (χ3v) is 4.14. The molecule has 0 atom stereocenters. The summed E-state index contributed by atoms with van der Waals surface area (Å²) in [5.41, 5.74) is 3.23. The molecule has 0 saturated carbocycles. The maximum Gasteiger partial charge on any atom is 0.274 e. The summed E-state index contributed by atoms with van der Waals surface area (Å²) >= 11 is 0. The van der Waals surface area contributed by atoms with Crippen LogP contribution in [-0.4, -0.2) is 56.1 Å². The smallest absolute Gasteiger partial charge is 0.274 e. The lowest BCUT2D eigenvalue weighted by atomic mass is 10.2. The summed E-state index contributed by atoms with van der Waals surface area (Å²) in [4.78, 5) is 21.0. The van der Waals surface area contributed by atoms with Crippen LogP contribution in [0.15, 0.2) is 42.6 Å². The number of hydrogen-bond donors (Lipinski definition) is 2. The molecule has 0 saturated heterocycles. The van der Waals surface area contributed by atoms with E-state index in [-0.39, 0.29) is 5.91 Å². The highest BCUT2D eigenvalue weighted by atomic mass is 16.1. The van der Waals surface area contributed by atoms with Crippen molar-refractivity contribution in [3.63, 3.8) is 0 Å². The van der Waals surface area contributed by atoms with Crippen LogP contribution in [0.2, 0.25) is 0 Å². The topological polar surface area (TPSA) is 60.5 Å². The molecule has 0 aliphatic heterocycles. The molecule has 0 aliphatic carbocycles. The fraction of sp³-hybridized carbons (Fsp3) is 0.400. The van der Waals surface area contributed by atoms with E-state index in [0.29, 0.717) is 5.69 Å². The molecule has 0 unspecified atom stereocenters. The van der Waals surface area contributed by atoms with Crippen LogP contribution in [0.4, 0.5) is 17.1 Å². The zero-order valence-electron chi connectivity index (χ0n) is 16.1. The molecule has 0 aliphatic rings. The molecular weight excluding hydrogens is 326 g/mol. The van der Waals surface area contributed by atoms with E-state index < -0.39 is 0 Å². The first-order valence-electron chi connectivity index (χ1n) is 9.04. The molecule has 1 aromatic carbocycles. The molecule has 1 aromatic heterocycles. The summed E-state index contributed by atoms with van der Waals surface area (Å²) < 4.78 is 0. The van der Waals surface area contributed by atoms with Crippen LogP contribution in [0.3, 0.4) is 0 Å². The number of carbonyl (C=O) groups is 1. The van der Waals surface area contributed by atoms with Gasteiger partial charge in [-0.25, -0.2) is 4.98 Å². The van der Waals surface area contributed by atoms with Gasteiger partial charge in [-0.05, 0) is 64.3 Å². The Hall–Kier alpha value is -2.60. The van der Waals surface area contributed by atoms with Crippen molar-refractivity contribution >= 4 is 23.0 Å². The van der Waals surface area contributed by atoms with Gasteiger partial charge in [-0.15, -0.1) is 0 Å². The molecule has 2 rings (SSSR count). The molecule has 26 heavy (non-hydrogen) atoms. The number of pyridine rings is 1. The lowest BCUT2D eigenvalue weighted by Crippen LogP contribution is -2.21. The van der Waals surface area contributed by atoms with Crippen molar-refractivity contribution in [1.29, 1.82) is 0 Å². The predicted molar refractivity (Wildman–Crippen MR) is 109 cm³/mol. The minimum absolute atomic E-state index is 0.208. The van der Waals surface area contributed by atoms with Crippen LogP contribution in [0.1, 0.15) is 24.3 Å². The number of anilines is 3. The fourth-order valence-electron chi connectivity index (χ4n) is 2.60. The first kappa shape index (κ1) is 19.7. The summed E-state index contributed by atoms with van der Waals surface area (Å²) in [7, 11) is 4.06. The van der Waals surface area contributed by atoms with Gasteiger partial charge >= 0.3 is 0 Å². The van der Waals surface area contributed by atoms with E-state index in [2.05, 4.69) is 39.3 Å². The molecule has 0 spiro atoms. The first-order chi connectivity index (χ1) is 12.5. The number of amides is 1. The Labute approximate surface area is 156 Å². The standard InChI is InChI=1S/C20H29N5O/c1-5-25(6-2)18-10-7-16(8-11-18)23-20(26)19-12-9-17(15-22-19)21-13-14-24(3)4/h7-12,15,21H,5-6,13-14H2,1-4H3,(H,23,26). The first-order valence-corrected chi connectivity index (χ1v) is 9.04. The van der Waals surface area contributed by atoms with Crippen molar-refractivity contribution in [2.45, 2.75) is 13.8 Å². The third-order valence-electron chi connectivity index (χ3n) is 4.14. The van der Waals surface area contributed by atoms with E-state index in [1.54, 1.807) is 12.3 Å². The zero-order chi connectivity index (χ0) is 18.9. The van der Waals surface area contributed by atoms with Gasteiger partial charge in [0.05, 0.1) is 11.9 Å². The van der Waals surface area contributed by atoms with Gasteiger partial charge in [-0.3, -0.25) is 4.79 Å². The second-order valence-corrected chi connectivity index (χ2v) is 6.34. The van der Waals surface area contributed by atoms with Gasteiger partial charge in [-0.1, -0.05) is 0 Å². The zero-order valence-corrected chi connectivity index (χ0v) is 16.1. The number of rotatable bonds is 9. The van der Waals surface area contributed by atoms with Gasteiger partial charge < -0.3 is 20.4 Å². The van der Waals surface area contributed by atoms with E-state index >= 15 is 0 Å². The quantitative estimate of drug-likeness (QED) is 0.724. The molecule has 1 amide bonds. The molecule has 2 aromatic rings. The van der Waals surface area contributed by atoms with E-state index in [9.17, 15) is 4.79 Å². The fourth-order valence-corrected chi connectivity index (χ4v) is 2.60. The highest BCUT2D eigenvalue weighted by molar-refractivity contribution is 6.03. The Morgan fingerprint density at radius 1 is 1.00 bits per heavy atom. The van der Waals surface area contributed by atoms with Gasteiger partial charge in [-0.2, -0.15) is 0 Å². The largest absolute Gasteiger partial charge is 0.383 e. The number of carbonyl (C=O) groups excluding carboxylic acids is 1. The minimum Gasteiger partial charge on any atom is -0.383 e. The summed E-state index contributed by atoms with van der Waals surface area (Å²) in [6.07, 6.45) is 1.69. The number of nitrogens with one attached hydrogen (secondary N) is 2. The molecule has 6 nitrogen and oxygen atoms in total. The Kier molecular flexibility index (Phi) is 7.41. The third kappa shape index (κ3) is 5.74. The molecule has 1 heterocycles. The van der Waals surface area contributed by atoms with Crippen LogP contribution in [0.5, 0.6) is 0 Å². The van der Waals surface area contributed by atoms with Crippen LogP contribution in [-0.2, 0) is 0 Å². The van der Waals surface area contributed by atoms with Crippen molar-refractivity contribution in [3.8, 4) is 0 Å². The van der Waals surface area contributed by atoms with Crippen molar-refractivity contribution in [3.05, 3.63) is 48.3 Å². The van der Waals surface area contributed by atoms with Crippen LogP contribution >= 0.6 is 0 Å². The maximum atomic E-state index is 12.3. The van der Waals surface area contributed by atoms with Crippen molar-refractivity contribution in [2.75, 3.05) is 55.8 Å². The average Bonchev–Trinajstić information content (AvgIpc) is 2.64. The summed E-state index contributed by atoms with van der Waals surface area (Å²) in [6, 6.07) is 11.5. The Balaban J connectivity index is 1.92. The lowest BCUT2D eigenvalue weighted by molar-refractivity contribution is 0.102. The minimum atomic E-state index is -0.208. The monoisotopic (exact) mass is 355 g/mol. The summed E-state index contributed by atoms with van der Waals surface area (Å²) in [5, 5.41) is 6.17. The van der Waals surface area contributed by atoms with Crippen molar-refractivity contribution in [1.82, 2.24) is 9.88 Å².